The van der Waals surface area contributed by atoms with Crippen molar-refractivity contribution in [2.24, 2.45) is 29.6 Å². The molecule has 0 amide bonds. The predicted molar refractivity (Wildman–Crippen MR) is 90.7 cm³/mol. The van der Waals surface area contributed by atoms with Gasteiger partial charge < -0.3 is 5.32 Å². The van der Waals surface area contributed by atoms with Gasteiger partial charge in [-0.05, 0) is 98.6 Å². The van der Waals surface area contributed by atoms with E-state index in [0.717, 1.165) is 29.6 Å². The molecule has 1 N–H and O–H groups in total. The third-order valence-corrected chi connectivity index (χ3v) is 7.43. The molecule has 118 valence electrons. The fourth-order valence-electron chi connectivity index (χ4n) is 6.72. The Morgan fingerprint density at radius 3 is 2.36 bits per heavy atom. The average molecular weight is 295 g/mol. The van der Waals surface area contributed by atoms with E-state index in [1.54, 1.807) is 43.2 Å². The largest absolute Gasteiger partial charge is 0.310 e. The molecule has 5 aliphatic rings. The predicted octanol–water partition coefficient (Wildman–Crippen LogP) is 4.73. The lowest BCUT2D eigenvalue weighted by atomic mass is 9.51. The second-order valence-corrected chi connectivity index (χ2v) is 8.63. The molecular weight excluding hydrogens is 266 g/mol. The van der Waals surface area contributed by atoms with Crippen LogP contribution in [-0.4, -0.2) is 6.54 Å². The lowest BCUT2D eigenvalue weighted by Gasteiger charge is -2.55. The lowest BCUT2D eigenvalue weighted by Crippen LogP contribution is -2.45. The molecule has 1 heterocycles. The van der Waals surface area contributed by atoms with Gasteiger partial charge in [-0.1, -0.05) is 24.3 Å². The van der Waals surface area contributed by atoms with Gasteiger partial charge in [0.2, 0.25) is 0 Å². The Kier molecular flexibility index (Phi) is 3.32. The van der Waals surface area contributed by atoms with Crippen molar-refractivity contribution in [2.45, 2.75) is 57.4 Å². The highest BCUT2D eigenvalue weighted by Gasteiger charge is 2.47. The van der Waals surface area contributed by atoms with Crippen molar-refractivity contribution < 1.29 is 0 Å². The van der Waals surface area contributed by atoms with Crippen LogP contribution in [0, 0.1) is 29.6 Å². The Labute approximate surface area is 134 Å². The number of hydrogen-bond donors (Lipinski definition) is 1. The monoisotopic (exact) mass is 295 g/mol. The van der Waals surface area contributed by atoms with E-state index in [1.165, 1.54) is 25.8 Å². The zero-order valence-corrected chi connectivity index (χ0v) is 13.6. The Balaban J connectivity index is 1.28. The molecular formula is C21H29N. The number of benzene rings is 1. The van der Waals surface area contributed by atoms with Crippen molar-refractivity contribution in [3.63, 3.8) is 0 Å². The molecule has 1 aromatic rings. The maximum atomic E-state index is 3.80. The van der Waals surface area contributed by atoms with Crippen LogP contribution in [0.4, 0.5) is 0 Å². The van der Waals surface area contributed by atoms with E-state index in [2.05, 4.69) is 29.6 Å². The topological polar surface area (TPSA) is 12.0 Å². The molecule has 1 unspecified atom stereocenters. The summed E-state index contributed by atoms with van der Waals surface area (Å²) in [6, 6.07) is 9.76. The Morgan fingerprint density at radius 2 is 1.59 bits per heavy atom. The molecule has 1 atom stereocenters. The fraction of sp³-hybridized carbons (Fsp3) is 0.714. The van der Waals surface area contributed by atoms with Gasteiger partial charge in [0.1, 0.15) is 0 Å². The molecule has 22 heavy (non-hydrogen) atoms. The van der Waals surface area contributed by atoms with Crippen LogP contribution in [-0.2, 0) is 6.42 Å². The summed E-state index contributed by atoms with van der Waals surface area (Å²) >= 11 is 0. The lowest BCUT2D eigenvalue weighted by molar-refractivity contribution is -0.0412. The summed E-state index contributed by atoms with van der Waals surface area (Å²) in [6.07, 6.45) is 11.9. The van der Waals surface area contributed by atoms with Crippen LogP contribution in [0.25, 0.3) is 0 Å². The molecule has 4 aliphatic carbocycles. The zero-order valence-electron chi connectivity index (χ0n) is 13.6. The quantitative estimate of drug-likeness (QED) is 0.850. The van der Waals surface area contributed by atoms with Crippen LogP contribution < -0.4 is 5.32 Å². The summed E-state index contributed by atoms with van der Waals surface area (Å²) in [5.41, 5.74) is 3.19. The van der Waals surface area contributed by atoms with Gasteiger partial charge in [-0.3, -0.25) is 0 Å². The number of hydrogen-bond acceptors (Lipinski definition) is 1. The fourth-order valence-corrected chi connectivity index (χ4v) is 6.72. The Hall–Kier alpha value is -0.820. The molecule has 4 fully saturated rings. The maximum absolute atomic E-state index is 3.80. The number of rotatable bonds is 3. The Morgan fingerprint density at radius 1 is 0.864 bits per heavy atom. The van der Waals surface area contributed by atoms with Crippen LogP contribution in [0.5, 0.6) is 0 Å². The van der Waals surface area contributed by atoms with Gasteiger partial charge in [-0.2, -0.15) is 0 Å². The second-order valence-electron chi connectivity index (χ2n) is 8.63. The minimum Gasteiger partial charge on any atom is -0.310 e. The van der Waals surface area contributed by atoms with Crippen LogP contribution in [0.1, 0.15) is 62.1 Å². The van der Waals surface area contributed by atoms with Crippen molar-refractivity contribution >= 4 is 0 Å². The van der Waals surface area contributed by atoms with Crippen LogP contribution in [0.3, 0.4) is 0 Å². The highest BCUT2D eigenvalue weighted by Crippen LogP contribution is 2.57. The first-order chi connectivity index (χ1) is 10.9. The van der Waals surface area contributed by atoms with E-state index >= 15 is 0 Å². The van der Waals surface area contributed by atoms with Crippen LogP contribution >= 0.6 is 0 Å². The van der Waals surface area contributed by atoms with E-state index in [1.807, 2.05) is 0 Å². The molecule has 6 rings (SSSR count). The van der Waals surface area contributed by atoms with E-state index < -0.39 is 0 Å². The van der Waals surface area contributed by atoms with E-state index in [9.17, 15) is 0 Å². The third-order valence-electron chi connectivity index (χ3n) is 7.43. The average Bonchev–Trinajstić information content (AvgIpc) is 2.54. The van der Waals surface area contributed by atoms with Gasteiger partial charge in [-0.25, -0.2) is 0 Å². The first kappa shape index (κ1) is 13.6. The second kappa shape index (κ2) is 5.37. The summed E-state index contributed by atoms with van der Waals surface area (Å²) in [7, 11) is 0. The first-order valence-corrected chi connectivity index (χ1v) is 9.68. The summed E-state index contributed by atoms with van der Waals surface area (Å²) < 4.78 is 0. The third kappa shape index (κ3) is 2.24. The molecule has 1 nitrogen and oxygen atoms in total. The number of nitrogens with one attached hydrogen (secondary N) is 1. The summed E-state index contributed by atoms with van der Waals surface area (Å²) in [6.45, 7) is 1.17. The smallest absolute Gasteiger partial charge is 0.0323 e. The molecule has 0 saturated heterocycles. The standard InChI is InChI=1S/C21H29N/c1-2-4-20-16(3-1)7-8-22-21(20)6-5-19-17-10-14-9-15(12-17)13-18(19)11-14/h1-4,14-15,17-19,21-22H,5-13H2. The van der Waals surface area contributed by atoms with E-state index in [-0.39, 0.29) is 0 Å². The molecule has 1 aliphatic heterocycles. The minimum atomic E-state index is 0.627. The number of fused-ring (bicyclic) bond motifs is 1. The molecule has 4 bridgehead atoms. The van der Waals surface area contributed by atoms with Crippen LogP contribution in [0.15, 0.2) is 24.3 Å². The van der Waals surface area contributed by atoms with Crippen molar-refractivity contribution in [1.82, 2.24) is 5.32 Å². The van der Waals surface area contributed by atoms with E-state index in [0.29, 0.717) is 6.04 Å². The van der Waals surface area contributed by atoms with Gasteiger partial charge in [0.25, 0.3) is 0 Å². The van der Waals surface area contributed by atoms with Crippen molar-refractivity contribution in [2.75, 3.05) is 6.54 Å². The summed E-state index contributed by atoms with van der Waals surface area (Å²) in [5, 5.41) is 3.80. The van der Waals surface area contributed by atoms with Gasteiger partial charge in [0.15, 0.2) is 0 Å². The zero-order chi connectivity index (χ0) is 14.5. The van der Waals surface area contributed by atoms with Gasteiger partial charge in [0, 0.05) is 6.04 Å². The first-order valence-electron chi connectivity index (χ1n) is 9.68. The summed E-state index contributed by atoms with van der Waals surface area (Å²) in [4.78, 5) is 0. The van der Waals surface area contributed by atoms with Gasteiger partial charge in [-0.15, -0.1) is 0 Å². The van der Waals surface area contributed by atoms with E-state index in [4.69, 9.17) is 0 Å². The highest BCUT2D eigenvalue weighted by atomic mass is 14.9. The molecule has 4 saturated carbocycles. The SMILES string of the molecule is c1ccc2c(c1)CCNC2CCC1C2CC3CC(C2)CC1C3. The van der Waals surface area contributed by atoms with Crippen molar-refractivity contribution in [3.05, 3.63) is 35.4 Å². The van der Waals surface area contributed by atoms with Crippen molar-refractivity contribution in [3.8, 4) is 0 Å². The highest BCUT2D eigenvalue weighted by molar-refractivity contribution is 5.32. The van der Waals surface area contributed by atoms with Crippen LogP contribution in [0.2, 0.25) is 0 Å². The van der Waals surface area contributed by atoms with Gasteiger partial charge >= 0.3 is 0 Å². The normalized spacial score (nSPS) is 42.4. The minimum absolute atomic E-state index is 0.627. The maximum Gasteiger partial charge on any atom is 0.0323 e. The summed E-state index contributed by atoms with van der Waals surface area (Å²) in [5.74, 6) is 5.48. The Bertz CT molecular complexity index is 521. The molecule has 1 heteroatoms. The van der Waals surface area contributed by atoms with Gasteiger partial charge in [0.05, 0.1) is 0 Å². The molecule has 0 spiro atoms. The molecule has 0 radical (unpaired) electrons. The molecule has 1 aromatic carbocycles. The van der Waals surface area contributed by atoms with Crippen molar-refractivity contribution in [1.29, 1.82) is 0 Å². The molecule has 0 aromatic heterocycles.